The maximum atomic E-state index is 12.1. The van der Waals surface area contributed by atoms with Gasteiger partial charge in [0.15, 0.2) is 0 Å². The van der Waals surface area contributed by atoms with Crippen molar-refractivity contribution in [1.82, 2.24) is 5.43 Å². The highest BCUT2D eigenvalue weighted by Gasteiger charge is 2.12. The molecule has 9 nitrogen and oxygen atoms in total. The summed E-state index contributed by atoms with van der Waals surface area (Å²) in [5.74, 6) is -0.536. The highest BCUT2D eigenvalue weighted by molar-refractivity contribution is 14.1. The Morgan fingerprint density at radius 3 is 2.45 bits per heavy atom. The van der Waals surface area contributed by atoms with Crippen molar-refractivity contribution in [3.05, 3.63) is 51.6 Å². The van der Waals surface area contributed by atoms with Gasteiger partial charge in [-0.1, -0.05) is 18.2 Å². The summed E-state index contributed by atoms with van der Waals surface area (Å²) in [5.41, 5.74) is 4.50. The van der Waals surface area contributed by atoms with Gasteiger partial charge in [0.05, 0.1) is 49.7 Å². The molecule has 0 aliphatic heterocycles. The van der Waals surface area contributed by atoms with E-state index in [1.54, 1.807) is 24.3 Å². The first-order valence-electron chi connectivity index (χ1n) is 10.0. The lowest BCUT2D eigenvalue weighted by atomic mass is 10.2. The predicted octanol–water partition coefficient (Wildman–Crippen LogP) is 3.41. The number of para-hydroxylation sites is 2. The van der Waals surface area contributed by atoms with Gasteiger partial charge in [-0.15, -0.1) is 0 Å². The number of hydrogen-bond donors (Lipinski definition) is 2. The van der Waals surface area contributed by atoms with Crippen molar-refractivity contribution in [2.75, 3.05) is 30.4 Å². The molecular weight excluding hydrogens is 535 g/mol. The van der Waals surface area contributed by atoms with Crippen LogP contribution in [0.15, 0.2) is 47.6 Å². The number of nitrogens with zero attached hydrogens (tertiary/aromatic N) is 4. The van der Waals surface area contributed by atoms with Crippen molar-refractivity contribution in [3.8, 4) is 17.9 Å². The number of rotatable bonds is 11. The summed E-state index contributed by atoms with van der Waals surface area (Å²) in [6.45, 7) is 1.07. The minimum absolute atomic E-state index is 0.362. The normalized spacial score (nSPS) is 10.2. The van der Waals surface area contributed by atoms with Crippen LogP contribution in [-0.2, 0) is 9.59 Å². The maximum absolute atomic E-state index is 12.1. The van der Waals surface area contributed by atoms with E-state index in [-0.39, 0.29) is 0 Å². The molecule has 2 rings (SSSR count). The standard InChI is InChI=1S/C23H23IN6O3/c1-33-21-7-3-2-6-19(21)28-22(31)15-23(32)29-27-16-17-8-9-20(18(24)14-17)30(12-4-10-25)13-5-11-26/h2-3,6-9,14,16H,4-5,12-13,15H2,1H3,(H,28,31)(H,29,32). The number of carbonyl (C=O) groups is 2. The Bertz CT molecular complexity index is 1070. The average molecular weight is 558 g/mol. The summed E-state index contributed by atoms with van der Waals surface area (Å²) >= 11 is 2.18. The molecule has 2 N–H and O–H groups in total. The zero-order valence-electron chi connectivity index (χ0n) is 18.0. The Labute approximate surface area is 206 Å². The van der Waals surface area contributed by atoms with Crippen LogP contribution in [0.1, 0.15) is 24.8 Å². The van der Waals surface area contributed by atoms with Crippen LogP contribution in [0.25, 0.3) is 0 Å². The van der Waals surface area contributed by atoms with Gasteiger partial charge in [-0.2, -0.15) is 15.6 Å². The smallest absolute Gasteiger partial charge is 0.249 e. The summed E-state index contributed by atoms with van der Waals surface area (Å²) < 4.78 is 6.09. The van der Waals surface area contributed by atoms with Crippen LogP contribution in [-0.4, -0.2) is 38.2 Å². The molecular formula is C23H23IN6O3. The quantitative estimate of drug-likeness (QED) is 0.188. The van der Waals surface area contributed by atoms with E-state index in [1.165, 1.54) is 13.3 Å². The molecule has 2 amide bonds. The third-order valence-corrected chi connectivity index (χ3v) is 5.27. The average Bonchev–Trinajstić information content (AvgIpc) is 2.80. The lowest BCUT2D eigenvalue weighted by molar-refractivity contribution is -0.126. The second kappa shape index (κ2) is 13.7. The number of amides is 2. The zero-order valence-corrected chi connectivity index (χ0v) is 20.2. The van der Waals surface area contributed by atoms with Crippen LogP contribution >= 0.6 is 22.6 Å². The van der Waals surface area contributed by atoms with E-state index >= 15 is 0 Å². The Morgan fingerprint density at radius 2 is 1.82 bits per heavy atom. The van der Waals surface area contributed by atoms with E-state index < -0.39 is 18.2 Å². The Morgan fingerprint density at radius 1 is 1.12 bits per heavy atom. The molecule has 0 saturated heterocycles. The topological polar surface area (TPSA) is 131 Å². The predicted molar refractivity (Wildman–Crippen MR) is 134 cm³/mol. The molecule has 0 heterocycles. The van der Waals surface area contributed by atoms with E-state index in [9.17, 15) is 9.59 Å². The van der Waals surface area contributed by atoms with E-state index in [0.717, 1.165) is 14.8 Å². The number of hydrazone groups is 1. The number of carbonyl (C=O) groups excluding carboxylic acids is 2. The number of halogens is 1. The summed E-state index contributed by atoms with van der Waals surface area (Å²) in [4.78, 5) is 26.1. The summed E-state index contributed by atoms with van der Waals surface area (Å²) in [6, 6.07) is 16.8. The van der Waals surface area contributed by atoms with E-state index in [4.69, 9.17) is 15.3 Å². The molecule has 0 unspecified atom stereocenters. The van der Waals surface area contributed by atoms with E-state index in [1.807, 2.05) is 23.1 Å². The van der Waals surface area contributed by atoms with Gasteiger partial charge in [-0.05, 0) is 52.4 Å². The number of nitrogens with one attached hydrogen (secondary N) is 2. The minimum atomic E-state index is -0.552. The fourth-order valence-corrected chi connectivity index (χ4v) is 3.77. The molecule has 0 aliphatic rings. The zero-order chi connectivity index (χ0) is 24.1. The van der Waals surface area contributed by atoms with E-state index in [2.05, 4.69) is 50.6 Å². The lowest BCUT2D eigenvalue weighted by Crippen LogP contribution is -2.26. The number of nitriles is 2. The number of benzene rings is 2. The number of ether oxygens (including phenoxy) is 1. The van der Waals surface area contributed by atoms with Crippen molar-refractivity contribution in [2.45, 2.75) is 19.3 Å². The van der Waals surface area contributed by atoms with Crippen molar-refractivity contribution in [3.63, 3.8) is 0 Å². The Hall–Kier alpha value is -3.64. The van der Waals surface area contributed by atoms with E-state index in [0.29, 0.717) is 37.4 Å². The molecule has 0 saturated carbocycles. The van der Waals surface area contributed by atoms with Crippen LogP contribution in [0.3, 0.4) is 0 Å². The number of hydrogen-bond acceptors (Lipinski definition) is 7. The molecule has 0 spiro atoms. The highest BCUT2D eigenvalue weighted by atomic mass is 127. The molecule has 0 bridgehead atoms. The summed E-state index contributed by atoms with van der Waals surface area (Å²) in [5, 5.41) is 24.3. The van der Waals surface area contributed by atoms with Gasteiger partial charge >= 0.3 is 0 Å². The minimum Gasteiger partial charge on any atom is -0.495 e. The van der Waals surface area contributed by atoms with Crippen molar-refractivity contribution >= 4 is 52.0 Å². The van der Waals surface area contributed by atoms with Crippen LogP contribution in [0.4, 0.5) is 11.4 Å². The maximum Gasteiger partial charge on any atom is 0.249 e. The van der Waals surface area contributed by atoms with Crippen LogP contribution < -0.4 is 20.4 Å². The van der Waals surface area contributed by atoms with Crippen molar-refractivity contribution < 1.29 is 14.3 Å². The second-order valence-electron chi connectivity index (χ2n) is 6.73. The number of anilines is 2. The van der Waals surface area contributed by atoms with Gasteiger partial charge in [0.2, 0.25) is 11.8 Å². The lowest BCUT2D eigenvalue weighted by Gasteiger charge is -2.24. The van der Waals surface area contributed by atoms with Gasteiger partial charge in [-0.25, -0.2) is 5.43 Å². The molecule has 0 radical (unpaired) electrons. The van der Waals surface area contributed by atoms with Gasteiger partial charge in [0.1, 0.15) is 12.2 Å². The molecule has 0 fully saturated rings. The largest absolute Gasteiger partial charge is 0.495 e. The SMILES string of the molecule is COc1ccccc1NC(=O)CC(=O)NN=Cc1ccc(N(CCC#N)CCC#N)c(I)c1. The van der Waals surface area contributed by atoms with Gasteiger partial charge in [-0.3, -0.25) is 9.59 Å². The number of methoxy groups -OCH3 is 1. The fourth-order valence-electron chi connectivity index (χ4n) is 2.89. The van der Waals surface area contributed by atoms with Gasteiger partial charge in [0.25, 0.3) is 0 Å². The molecule has 0 aliphatic carbocycles. The molecule has 0 atom stereocenters. The van der Waals surface area contributed by atoms with Gasteiger partial charge < -0.3 is 15.0 Å². The van der Waals surface area contributed by atoms with Gasteiger partial charge in [0, 0.05) is 16.7 Å². The first kappa shape index (κ1) is 25.6. The molecule has 10 heteroatoms. The van der Waals surface area contributed by atoms with Crippen LogP contribution in [0.2, 0.25) is 0 Å². The molecule has 2 aromatic carbocycles. The Balaban J connectivity index is 1.93. The summed E-state index contributed by atoms with van der Waals surface area (Å²) in [6.07, 6.45) is 1.82. The fraction of sp³-hybridized carbons (Fsp3) is 0.261. The highest BCUT2D eigenvalue weighted by Crippen LogP contribution is 2.24. The third-order valence-electron chi connectivity index (χ3n) is 4.40. The first-order valence-corrected chi connectivity index (χ1v) is 11.1. The monoisotopic (exact) mass is 558 g/mol. The molecule has 2 aromatic rings. The van der Waals surface area contributed by atoms with Crippen molar-refractivity contribution in [2.24, 2.45) is 5.10 Å². The molecule has 170 valence electrons. The van der Waals surface area contributed by atoms with Crippen LogP contribution in [0, 0.1) is 26.2 Å². The second-order valence-corrected chi connectivity index (χ2v) is 7.89. The summed E-state index contributed by atoms with van der Waals surface area (Å²) in [7, 11) is 1.50. The molecule has 0 aromatic heterocycles. The first-order chi connectivity index (χ1) is 16.0. The Kier molecular flexibility index (Phi) is 10.6. The third kappa shape index (κ3) is 8.43. The van der Waals surface area contributed by atoms with Crippen LogP contribution in [0.5, 0.6) is 5.75 Å². The molecule has 33 heavy (non-hydrogen) atoms. The van der Waals surface area contributed by atoms with Crippen molar-refractivity contribution in [1.29, 1.82) is 10.5 Å².